The van der Waals surface area contributed by atoms with Crippen LogP contribution in [0.15, 0.2) is 24.3 Å². The molecule has 0 aromatic heterocycles. The summed E-state index contributed by atoms with van der Waals surface area (Å²) >= 11 is 0. The van der Waals surface area contributed by atoms with Crippen molar-refractivity contribution in [3.8, 4) is 5.75 Å². The van der Waals surface area contributed by atoms with Crippen molar-refractivity contribution >= 4 is 29.7 Å². The van der Waals surface area contributed by atoms with Gasteiger partial charge in [-0.05, 0) is 58.4 Å². The number of carboxylic acids is 1. The van der Waals surface area contributed by atoms with E-state index in [0.29, 0.717) is 25.1 Å². The number of piperazine rings is 1. The van der Waals surface area contributed by atoms with Crippen LogP contribution in [-0.2, 0) is 35.1 Å². The van der Waals surface area contributed by atoms with E-state index in [1.807, 2.05) is 11.9 Å². The third-order valence-electron chi connectivity index (χ3n) is 7.45. The zero-order valence-electron chi connectivity index (χ0n) is 23.3. The molecule has 12 nitrogen and oxygen atoms in total. The van der Waals surface area contributed by atoms with Gasteiger partial charge >= 0.3 is 18.0 Å². The van der Waals surface area contributed by atoms with Crippen LogP contribution in [-0.4, -0.2) is 102 Å². The van der Waals surface area contributed by atoms with Gasteiger partial charge in [0, 0.05) is 32.6 Å². The quantitative estimate of drug-likeness (QED) is 0.270. The van der Waals surface area contributed by atoms with Gasteiger partial charge in [0.2, 0.25) is 5.91 Å². The Bertz CT molecular complexity index is 1140. The van der Waals surface area contributed by atoms with E-state index in [1.54, 1.807) is 32.9 Å². The van der Waals surface area contributed by atoms with Crippen molar-refractivity contribution in [3.05, 3.63) is 29.8 Å². The van der Waals surface area contributed by atoms with Crippen LogP contribution in [0.1, 0.15) is 39.2 Å². The van der Waals surface area contributed by atoms with Crippen molar-refractivity contribution in [1.82, 2.24) is 15.1 Å². The fraction of sp³-hybridized carbons (Fsp3) is 0.607. The molecule has 0 spiro atoms. The molecule has 5 atom stereocenters. The van der Waals surface area contributed by atoms with Crippen molar-refractivity contribution < 1.29 is 43.3 Å². The number of likely N-dealkylation sites (N-methyl/N-ethyl adjacent to an activating group) is 1. The summed E-state index contributed by atoms with van der Waals surface area (Å²) in [5.41, 5.74) is -0.299. The highest BCUT2D eigenvalue weighted by Gasteiger charge is 2.57. The molecular formula is C28H37N3O9. The molecule has 1 aromatic carbocycles. The second-order valence-corrected chi connectivity index (χ2v) is 11.6. The number of aliphatic carboxylic acids is 1. The topological polar surface area (TPSA) is 152 Å². The SMILES string of the molecule is CN1CCN(C(=O)C2C(C(=O)Oc3ccc(CC(NC(=O)OC(C)(C)C)C(=O)C(=O)O)cc3)[C@H]3CC[C@@H]2O3)CC1. The molecule has 2 amide bonds. The number of alkyl carbamates (subject to hydrolysis) is 1. The number of nitrogens with zero attached hydrogens (tertiary/aromatic N) is 2. The molecule has 218 valence electrons. The molecule has 2 N–H and O–H groups in total. The van der Waals surface area contributed by atoms with Crippen molar-refractivity contribution in [2.75, 3.05) is 33.2 Å². The van der Waals surface area contributed by atoms with Gasteiger partial charge in [0.05, 0.1) is 24.0 Å². The zero-order chi connectivity index (χ0) is 29.2. The molecule has 40 heavy (non-hydrogen) atoms. The molecule has 0 saturated carbocycles. The first-order chi connectivity index (χ1) is 18.8. The van der Waals surface area contributed by atoms with Crippen LogP contribution in [0.3, 0.4) is 0 Å². The van der Waals surface area contributed by atoms with E-state index in [0.717, 1.165) is 19.5 Å². The number of nitrogens with one attached hydrogen (secondary N) is 1. The van der Waals surface area contributed by atoms with Gasteiger partial charge in [0.1, 0.15) is 17.4 Å². The molecule has 3 saturated heterocycles. The maximum Gasteiger partial charge on any atom is 0.408 e. The van der Waals surface area contributed by atoms with Crippen LogP contribution in [0, 0.1) is 11.8 Å². The van der Waals surface area contributed by atoms with Crippen LogP contribution in [0.2, 0.25) is 0 Å². The summed E-state index contributed by atoms with van der Waals surface area (Å²) in [5, 5.41) is 11.5. The summed E-state index contributed by atoms with van der Waals surface area (Å²) in [6, 6.07) is 4.84. The maximum absolute atomic E-state index is 13.4. The van der Waals surface area contributed by atoms with E-state index in [-0.39, 0.29) is 30.3 Å². The molecule has 3 aliphatic rings. The molecule has 0 aliphatic carbocycles. The first kappa shape index (κ1) is 29.5. The Labute approximate surface area is 232 Å². The summed E-state index contributed by atoms with van der Waals surface area (Å²) in [4.78, 5) is 66.3. The Morgan fingerprint density at radius 3 is 2.17 bits per heavy atom. The molecule has 12 heteroatoms. The van der Waals surface area contributed by atoms with E-state index in [9.17, 15) is 29.1 Å². The standard InChI is InChI=1S/C28H37N3O9/c1-28(2,3)40-27(37)29-18(23(32)25(34)35)15-16-5-7-17(8-6-16)38-26(36)22-20-10-9-19(39-20)21(22)24(33)31-13-11-30(4)12-14-31/h5-8,18-22H,9-15H2,1-4H3,(H,29,37)(H,34,35)/t18?,19-,20+,21?,22?/m0/s1. The Morgan fingerprint density at radius 2 is 1.60 bits per heavy atom. The molecule has 3 fully saturated rings. The van der Waals surface area contributed by atoms with Gasteiger partial charge in [-0.15, -0.1) is 0 Å². The predicted molar refractivity (Wildman–Crippen MR) is 141 cm³/mol. The van der Waals surface area contributed by atoms with Gasteiger partial charge in [-0.25, -0.2) is 9.59 Å². The lowest BCUT2D eigenvalue weighted by molar-refractivity contribution is -0.150. The van der Waals surface area contributed by atoms with Crippen molar-refractivity contribution in [2.24, 2.45) is 11.8 Å². The van der Waals surface area contributed by atoms with Gasteiger partial charge in [0.25, 0.3) is 5.78 Å². The number of fused-ring (bicyclic) bond motifs is 2. The third-order valence-corrected chi connectivity index (χ3v) is 7.45. The van der Waals surface area contributed by atoms with E-state index in [4.69, 9.17) is 14.2 Å². The van der Waals surface area contributed by atoms with E-state index >= 15 is 0 Å². The summed E-state index contributed by atoms with van der Waals surface area (Å²) in [6.07, 6.45) is -0.245. The number of hydrogen-bond donors (Lipinski definition) is 2. The van der Waals surface area contributed by atoms with Crippen LogP contribution < -0.4 is 10.1 Å². The Balaban J connectivity index is 1.40. The Morgan fingerprint density at radius 1 is 1.00 bits per heavy atom. The molecule has 4 rings (SSSR count). The molecule has 0 radical (unpaired) electrons. The minimum atomic E-state index is -1.68. The minimum absolute atomic E-state index is 0.0655. The second-order valence-electron chi connectivity index (χ2n) is 11.6. The Hall–Kier alpha value is -3.51. The van der Waals surface area contributed by atoms with Gasteiger partial charge in [-0.1, -0.05) is 12.1 Å². The highest BCUT2D eigenvalue weighted by atomic mass is 16.6. The smallest absolute Gasteiger partial charge is 0.408 e. The summed E-state index contributed by atoms with van der Waals surface area (Å²) in [6.45, 7) is 7.72. The fourth-order valence-corrected chi connectivity index (χ4v) is 5.45. The number of Topliss-reactive ketones (excluding diaryl/α,β-unsaturated/α-hetero) is 1. The molecule has 1 aromatic rings. The van der Waals surface area contributed by atoms with E-state index in [1.165, 1.54) is 12.1 Å². The number of amides is 2. The highest BCUT2D eigenvalue weighted by molar-refractivity contribution is 6.35. The van der Waals surface area contributed by atoms with Crippen molar-refractivity contribution in [3.63, 3.8) is 0 Å². The molecule has 3 heterocycles. The van der Waals surface area contributed by atoms with Crippen molar-refractivity contribution in [1.29, 1.82) is 0 Å². The normalized spacial score (nSPS) is 25.2. The summed E-state index contributed by atoms with van der Waals surface area (Å²) in [5.74, 6) is -4.49. The Kier molecular flexibility index (Phi) is 8.79. The molecule has 2 bridgehead atoms. The van der Waals surface area contributed by atoms with Crippen molar-refractivity contribution in [2.45, 2.75) is 63.9 Å². The van der Waals surface area contributed by atoms with Gasteiger partial charge < -0.3 is 34.4 Å². The largest absolute Gasteiger partial charge is 0.475 e. The molecular weight excluding hydrogens is 522 g/mol. The minimum Gasteiger partial charge on any atom is -0.475 e. The number of benzene rings is 1. The highest BCUT2D eigenvalue weighted by Crippen LogP contribution is 2.45. The number of rotatable bonds is 8. The van der Waals surface area contributed by atoms with Crippen LogP contribution in [0.5, 0.6) is 5.75 Å². The third kappa shape index (κ3) is 6.97. The first-order valence-corrected chi connectivity index (χ1v) is 13.5. The fourth-order valence-electron chi connectivity index (χ4n) is 5.45. The molecule has 3 unspecified atom stereocenters. The number of carboxylic acid groups (broad SMARTS) is 1. The number of carbonyl (C=O) groups is 5. The number of ketones is 1. The van der Waals surface area contributed by atoms with E-state index in [2.05, 4.69) is 10.2 Å². The lowest BCUT2D eigenvalue weighted by Gasteiger charge is -2.36. The lowest BCUT2D eigenvalue weighted by Crippen LogP contribution is -2.52. The lowest BCUT2D eigenvalue weighted by atomic mass is 9.78. The summed E-state index contributed by atoms with van der Waals surface area (Å²) in [7, 11) is 2.01. The number of carbonyl (C=O) groups excluding carboxylic acids is 4. The maximum atomic E-state index is 13.4. The first-order valence-electron chi connectivity index (χ1n) is 13.5. The van der Waals surface area contributed by atoms with Gasteiger partial charge in [0.15, 0.2) is 0 Å². The van der Waals surface area contributed by atoms with Crippen LogP contribution in [0.25, 0.3) is 0 Å². The zero-order valence-corrected chi connectivity index (χ0v) is 23.3. The average Bonchev–Trinajstić information content (AvgIpc) is 3.50. The number of esters is 1. The molecule has 3 aliphatic heterocycles. The summed E-state index contributed by atoms with van der Waals surface area (Å²) < 4.78 is 16.8. The monoisotopic (exact) mass is 559 g/mol. The number of hydrogen-bond acceptors (Lipinski definition) is 9. The van der Waals surface area contributed by atoms with Crippen LogP contribution >= 0.6 is 0 Å². The van der Waals surface area contributed by atoms with Crippen LogP contribution in [0.4, 0.5) is 4.79 Å². The van der Waals surface area contributed by atoms with Gasteiger partial charge in [-0.3, -0.25) is 14.4 Å². The number of ether oxygens (including phenoxy) is 3. The van der Waals surface area contributed by atoms with Gasteiger partial charge in [-0.2, -0.15) is 0 Å². The second kappa shape index (κ2) is 11.9. The van der Waals surface area contributed by atoms with E-state index < -0.39 is 47.3 Å². The predicted octanol–water partition coefficient (Wildman–Crippen LogP) is 1.25. The average molecular weight is 560 g/mol.